The monoisotopic (exact) mass is 175 g/mol. The maximum absolute atomic E-state index is 3.26. The predicted octanol–water partition coefficient (Wildman–Crippen LogP) is 3.57. The molecule has 1 nitrogen and oxygen atoms in total. The molecule has 0 bridgehead atoms. The first kappa shape index (κ1) is 7.57. The number of aryl methyl sites for hydroxylation is 1. The molecular weight excluding hydrogens is 165 g/mol. The van der Waals surface area contributed by atoms with Crippen molar-refractivity contribution in [2.24, 2.45) is 0 Å². The molecule has 0 aliphatic rings. The minimum absolute atomic E-state index is 1.28. The number of benzene rings is 1. The largest absolute Gasteiger partial charge is 0.357 e. The van der Waals surface area contributed by atoms with E-state index < -0.39 is 0 Å². The van der Waals surface area contributed by atoms with Crippen LogP contribution in [0.1, 0.15) is 5.30 Å². The van der Waals surface area contributed by atoms with Crippen LogP contribution in [-0.4, -0.2) is 4.98 Å². The number of rotatable bonds is 1. The molecule has 2 rings (SSSR count). The fourth-order valence-corrected chi connectivity index (χ4v) is 2.05. The first-order valence-electron chi connectivity index (χ1n) is 3.94. The van der Waals surface area contributed by atoms with Crippen LogP contribution in [0.3, 0.4) is 0 Å². The zero-order chi connectivity index (χ0) is 8.39. The lowest BCUT2D eigenvalue weighted by molar-refractivity contribution is 1.38. The van der Waals surface area contributed by atoms with Gasteiger partial charge in [0.1, 0.15) is 0 Å². The second kappa shape index (κ2) is 3.12. The molecule has 0 fully saturated rings. The van der Waals surface area contributed by atoms with Crippen LogP contribution >= 0.6 is 8.19 Å². The highest BCUT2D eigenvalue weighted by Crippen LogP contribution is 2.28. The lowest BCUT2D eigenvalue weighted by Gasteiger charge is -1.93. The molecule has 2 heteroatoms. The van der Waals surface area contributed by atoms with Crippen LogP contribution in [0, 0.1) is 6.92 Å². The molecule has 12 heavy (non-hydrogen) atoms. The van der Waals surface area contributed by atoms with Crippen LogP contribution < -0.4 is 0 Å². The summed E-state index contributed by atoms with van der Waals surface area (Å²) in [7, 11) is 1.30. The number of aromatic nitrogens is 1. The van der Waals surface area contributed by atoms with Crippen molar-refractivity contribution in [3.63, 3.8) is 0 Å². The van der Waals surface area contributed by atoms with Gasteiger partial charge in [-0.2, -0.15) is 0 Å². The van der Waals surface area contributed by atoms with Gasteiger partial charge >= 0.3 is 0 Å². The molecule has 0 saturated carbocycles. The van der Waals surface area contributed by atoms with Crippen molar-refractivity contribution < 1.29 is 0 Å². The quantitative estimate of drug-likeness (QED) is 0.681. The van der Waals surface area contributed by atoms with Gasteiger partial charge in [0.15, 0.2) is 0 Å². The first-order chi connectivity index (χ1) is 5.86. The fraction of sp³-hybridized carbons (Fsp3) is 0.100. The molecule has 0 aliphatic heterocycles. The Hall–Kier alpha value is -1.07. The average Bonchev–Trinajstić information content (AvgIpc) is 2.54. The molecule has 0 unspecified atom stereocenters. The standard InChI is InChI=1S/C10H10NP/c1-8-7-11-10(12-8)9-5-3-2-4-6-9/h2-7,11H,1H3. The Bertz CT molecular complexity index is 364. The molecular formula is C10H10NP. The van der Waals surface area contributed by atoms with E-state index in [0.717, 1.165) is 0 Å². The summed E-state index contributed by atoms with van der Waals surface area (Å²) in [6.45, 7) is 2.13. The van der Waals surface area contributed by atoms with E-state index in [1.165, 1.54) is 24.5 Å². The van der Waals surface area contributed by atoms with Gasteiger partial charge in [0.05, 0.1) is 5.43 Å². The lowest BCUT2D eigenvalue weighted by atomic mass is 10.2. The van der Waals surface area contributed by atoms with Crippen LogP contribution in [0.4, 0.5) is 0 Å². The molecule has 1 heterocycles. The SMILES string of the molecule is Cc1c[nH]c(-c2ccccc2)p1. The second-order valence-electron chi connectivity index (χ2n) is 2.76. The highest BCUT2D eigenvalue weighted by molar-refractivity contribution is 7.34. The Kier molecular flexibility index (Phi) is 1.97. The van der Waals surface area contributed by atoms with Crippen molar-refractivity contribution in [3.05, 3.63) is 41.8 Å². The van der Waals surface area contributed by atoms with Crippen molar-refractivity contribution in [2.75, 3.05) is 0 Å². The zero-order valence-electron chi connectivity index (χ0n) is 6.91. The van der Waals surface area contributed by atoms with Crippen molar-refractivity contribution in [2.45, 2.75) is 6.92 Å². The average molecular weight is 175 g/mol. The van der Waals surface area contributed by atoms with E-state index in [1.807, 2.05) is 6.07 Å². The Balaban J connectivity index is 2.45. The van der Waals surface area contributed by atoms with Gasteiger partial charge in [0, 0.05) is 11.8 Å². The van der Waals surface area contributed by atoms with E-state index in [-0.39, 0.29) is 0 Å². The first-order valence-corrected chi connectivity index (χ1v) is 4.83. The number of hydrogen-bond donors (Lipinski definition) is 1. The minimum Gasteiger partial charge on any atom is -0.357 e. The lowest BCUT2D eigenvalue weighted by Crippen LogP contribution is -1.70. The highest BCUT2D eigenvalue weighted by Gasteiger charge is 1.97. The minimum atomic E-state index is 1.28. The third-order valence-electron chi connectivity index (χ3n) is 1.75. The van der Waals surface area contributed by atoms with Crippen molar-refractivity contribution in [3.8, 4) is 11.0 Å². The normalized spacial score (nSPS) is 10.8. The van der Waals surface area contributed by atoms with Gasteiger partial charge in [0.2, 0.25) is 0 Å². The Labute approximate surface area is 73.6 Å². The van der Waals surface area contributed by atoms with Gasteiger partial charge in [-0.1, -0.05) is 30.3 Å². The molecule has 0 atom stereocenters. The van der Waals surface area contributed by atoms with Crippen molar-refractivity contribution >= 4 is 8.19 Å². The Morgan fingerprint density at radius 3 is 2.50 bits per heavy atom. The third kappa shape index (κ3) is 1.41. The van der Waals surface area contributed by atoms with Gasteiger partial charge in [-0.05, 0) is 20.4 Å². The molecule has 1 N–H and O–H groups in total. The molecule has 0 saturated heterocycles. The van der Waals surface area contributed by atoms with Gasteiger partial charge in [0.25, 0.3) is 0 Å². The third-order valence-corrected chi connectivity index (χ3v) is 2.85. The summed E-state index contributed by atoms with van der Waals surface area (Å²) in [6, 6.07) is 10.4. The molecule has 0 aliphatic carbocycles. The number of aromatic amines is 1. The van der Waals surface area contributed by atoms with Crippen LogP contribution in [0.25, 0.3) is 11.0 Å². The van der Waals surface area contributed by atoms with Gasteiger partial charge in [-0.25, -0.2) is 0 Å². The van der Waals surface area contributed by atoms with Crippen molar-refractivity contribution in [1.29, 1.82) is 0 Å². The van der Waals surface area contributed by atoms with E-state index >= 15 is 0 Å². The highest BCUT2D eigenvalue weighted by atomic mass is 31.0. The van der Waals surface area contributed by atoms with Gasteiger partial charge in [-0.15, -0.1) is 0 Å². The van der Waals surface area contributed by atoms with Crippen molar-refractivity contribution in [1.82, 2.24) is 4.98 Å². The molecule has 2 aromatic rings. The van der Waals surface area contributed by atoms with Crippen LogP contribution in [-0.2, 0) is 0 Å². The second-order valence-corrected chi connectivity index (χ2v) is 4.13. The molecule has 0 spiro atoms. The maximum Gasteiger partial charge on any atom is 0.0732 e. The van der Waals surface area contributed by atoms with E-state index in [2.05, 4.69) is 42.4 Å². The zero-order valence-corrected chi connectivity index (χ0v) is 7.81. The fourth-order valence-electron chi connectivity index (χ4n) is 1.16. The Morgan fingerprint density at radius 2 is 1.92 bits per heavy atom. The summed E-state index contributed by atoms with van der Waals surface area (Å²) in [5.41, 5.74) is 2.57. The summed E-state index contributed by atoms with van der Waals surface area (Å²) in [5, 5.41) is 1.37. The number of H-pyrrole nitrogens is 1. The summed E-state index contributed by atoms with van der Waals surface area (Å²) in [6.07, 6.45) is 2.06. The summed E-state index contributed by atoms with van der Waals surface area (Å²) in [4.78, 5) is 3.26. The van der Waals surface area contributed by atoms with Gasteiger partial charge < -0.3 is 4.98 Å². The topological polar surface area (TPSA) is 15.8 Å². The number of nitrogens with one attached hydrogen (secondary N) is 1. The molecule has 0 amide bonds. The maximum atomic E-state index is 3.26. The van der Waals surface area contributed by atoms with Crippen LogP contribution in [0.2, 0.25) is 0 Å². The molecule has 1 aromatic heterocycles. The summed E-state index contributed by atoms with van der Waals surface area (Å²) in [5.74, 6) is 0. The molecule has 60 valence electrons. The summed E-state index contributed by atoms with van der Waals surface area (Å²) >= 11 is 0. The predicted molar refractivity (Wildman–Crippen MR) is 53.5 cm³/mol. The molecule has 1 aromatic carbocycles. The van der Waals surface area contributed by atoms with E-state index in [4.69, 9.17) is 0 Å². The number of hydrogen-bond acceptors (Lipinski definition) is 0. The van der Waals surface area contributed by atoms with E-state index in [0.29, 0.717) is 0 Å². The smallest absolute Gasteiger partial charge is 0.0732 e. The van der Waals surface area contributed by atoms with Crippen LogP contribution in [0.15, 0.2) is 36.5 Å². The Morgan fingerprint density at radius 1 is 1.17 bits per heavy atom. The van der Waals surface area contributed by atoms with Crippen LogP contribution in [0.5, 0.6) is 0 Å². The van der Waals surface area contributed by atoms with Gasteiger partial charge in [-0.3, -0.25) is 0 Å². The van der Waals surface area contributed by atoms with E-state index in [1.54, 1.807) is 0 Å². The summed E-state index contributed by atoms with van der Waals surface area (Å²) < 4.78 is 0. The van der Waals surface area contributed by atoms with E-state index in [9.17, 15) is 0 Å². The molecule has 0 radical (unpaired) electrons.